The smallest absolute Gasteiger partial charge is 0.193 e. The second-order valence-corrected chi connectivity index (χ2v) is 7.15. The van der Waals surface area contributed by atoms with E-state index in [1.165, 1.54) is 30.6 Å². The molecule has 6 heteroatoms. The average molecular weight is 481 g/mol. The fourth-order valence-electron chi connectivity index (χ4n) is 3.72. The molecule has 3 rings (SSSR count). The van der Waals surface area contributed by atoms with Crippen LogP contribution in [0, 0.1) is 0 Å². The van der Waals surface area contributed by atoms with E-state index in [1.807, 2.05) is 7.05 Å². The number of aryl methyl sites for hydroxylation is 1. The van der Waals surface area contributed by atoms with E-state index in [1.54, 1.807) is 0 Å². The van der Waals surface area contributed by atoms with Gasteiger partial charge in [-0.05, 0) is 37.1 Å². The number of benzene rings is 1. The van der Waals surface area contributed by atoms with Crippen molar-refractivity contribution in [2.45, 2.75) is 32.0 Å². The third-order valence-electron chi connectivity index (χ3n) is 5.25. The van der Waals surface area contributed by atoms with Gasteiger partial charge in [0, 0.05) is 52.2 Å². The molecular weight excluding hydrogens is 449 g/mol. The third-order valence-corrected chi connectivity index (χ3v) is 5.25. The van der Waals surface area contributed by atoms with Crippen LogP contribution in [0.15, 0.2) is 53.7 Å². The van der Waals surface area contributed by atoms with Gasteiger partial charge >= 0.3 is 0 Å². The number of rotatable bonds is 6. The second-order valence-electron chi connectivity index (χ2n) is 7.15. The molecule has 0 aliphatic carbocycles. The highest BCUT2D eigenvalue weighted by atomic mass is 127. The van der Waals surface area contributed by atoms with Crippen molar-refractivity contribution in [2.24, 2.45) is 12.0 Å². The van der Waals surface area contributed by atoms with E-state index in [-0.39, 0.29) is 24.0 Å². The van der Waals surface area contributed by atoms with E-state index in [9.17, 15) is 0 Å². The zero-order chi connectivity index (χ0) is 18.4. The van der Waals surface area contributed by atoms with E-state index in [4.69, 9.17) is 0 Å². The fourth-order valence-corrected chi connectivity index (χ4v) is 3.72. The molecule has 2 aromatic rings. The minimum Gasteiger partial charge on any atom is -0.355 e. The summed E-state index contributed by atoms with van der Waals surface area (Å²) >= 11 is 0. The molecule has 0 amide bonds. The van der Waals surface area contributed by atoms with Crippen LogP contribution in [0.25, 0.3) is 0 Å². The highest BCUT2D eigenvalue weighted by molar-refractivity contribution is 14.0. The fraction of sp³-hybridized carbons (Fsp3) is 0.476. The van der Waals surface area contributed by atoms with Gasteiger partial charge in [0.05, 0.1) is 6.54 Å². The molecule has 0 bridgehead atoms. The summed E-state index contributed by atoms with van der Waals surface area (Å²) < 4.78 is 2.16. The Bertz CT molecular complexity index is 712. The molecule has 1 N–H and O–H groups in total. The van der Waals surface area contributed by atoms with Crippen LogP contribution in [0.1, 0.15) is 24.1 Å². The van der Waals surface area contributed by atoms with Crippen molar-refractivity contribution in [1.82, 2.24) is 19.7 Å². The number of aliphatic imine (C=N–C) groups is 1. The lowest BCUT2D eigenvalue weighted by Gasteiger charge is -2.28. The van der Waals surface area contributed by atoms with Crippen LogP contribution < -0.4 is 5.32 Å². The maximum absolute atomic E-state index is 4.47. The van der Waals surface area contributed by atoms with Gasteiger partial charge in [-0.15, -0.1) is 24.0 Å². The van der Waals surface area contributed by atoms with Gasteiger partial charge in [0.2, 0.25) is 0 Å². The Kier molecular flexibility index (Phi) is 8.63. The van der Waals surface area contributed by atoms with E-state index >= 15 is 0 Å². The van der Waals surface area contributed by atoms with Gasteiger partial charge in [-0.3, -0.25) is 9.89 Å². The predicted octanol–water partition coefficient (Wildman–Crippen LogP) is 3.31. The predicted molar refractivity (Wildman–Crippen MR) is 124 cm³/mol. The number of nitrogens with one attached hydrogen (secondary N) is 1. The Balaban J connectivity index is 0.00000261. The molecule has 0 spiro atoms. The number of likely N-dealkylation sites (tertiary alicyclic amines) is 1. The molecule has 1 aromatic carbocycles. The van der Waals surface area contributed by atoms with Crippen LogP contribution in [-0.2, 0) is 20.1 Å². The van der Waals surface area contributed by atoms with E-state index < -0.39 is 0 Å². The zero-order valence-electron chi connectivity index (χ0n) is 16.6. The van der Waals surface area contributed by atoms with Crippen LogP contribution in [0.4, 0.5) is 0 Å². The molecule has 148 valence electrons. The van der Waals surface area contributed by atoms with Gasteiger partial charge in [0.25, 0.3) is 0 Å². The molecule has 1 atom stereocenters. The topological polar surface area (TPSA) is 35.8 Å². The second kappa shape index (κ2) is 10.7. The van der Waals surface area contributed by atoms with Crippen molar-refractivity contribution in [1.29, 1.82) is 0 Å². The highest BCUT2D eigenvalue weighted by Crippen LogP contribution is 2.19. The summed E-state index contributed by atoms with van der Waals surface area (Å²) in [5, 5.41) is 3.58. The summed E-state index contributed by atoms with van der Waals surface area (Å²) in [4.78, 5) is 9.25. The maximum atomic E-state index is 4.47. The first-order chi connectivity index (χ1) is 12.7. The minimum atomic E-state index is 0. The zero-order valence-corrected chi connectivity index (χ0v) is 19.0. The molecule has 1 saturated heterocycles. The van der Waals surface area contributed by atoms with Crippen LogP contribution in [0.2, 0.25) is 0 Å². The Morgan fingerprint density at radius 2 is 2.00 bits per heavy atom. The monoisotopic (exact) mass is 481 g/mol. The van der Waals surface area contributed by atoms with Crippen molar-refractivity contribution in [3.63, 3.8) is 0 Å². The summed E-state index contributed by atoms with van der Waals surface area (Å²) in [6.07, 6.45) is 4.61. The molecule has 1 aliphatic rings. The van der Waals surface area contributed by atoms with Gasteiger partial charge in [-0.1, -0.05) is 30.3 Å². The SMILES string of the molecule is CN=C(NCC1CCCN1Cc1ccccc1)N(C)Cc1cccn1C.I. The first-order valence-corrected chi connectivity index (χ1v) is 9.47. The summed E-state index contributed by atoms with van der Waals surface area (Å²) in [7, 11) is 6.04. The standard InChI is InChI=1S/C21H31N5.HI/c1-22-21(25(3)17-20-12-7-13-24(20)2)23-15-19-11-8-14-26(19)16-18-9-5-4-6-10-18;/h4-7,9-10,12-13,19H,8,11,14-17H2,1-3H3,(H,22,23);1H. The largest absolute Gasteiger partial charge is 0.355 e. The summed E-state index contributed by atoms with van der Waals surface area (Å²) in [5.74, 6) is 0.956. The van der Waals surface area contributed by atoms with Crippen LogP contribution in [0.3, 0.4) is 0 Å². The molecule has 2 heterocycles. The number of aromatic nitrogens is 1. The number of halogens is 1. The van der Waals surface area contributed by atoms with Crippen molar-refractivity contribution in [3.8, 4) is 0 Å². The minimum absolute atomic E-state index is 0. The van der Waals surface area contributed by atoms with Crippen molar-refractivity contribution >= 4 is 29.9 Å². The van der Waals surface area contributed by atoms with Crippen molar-refractivity contribution < 1.29 is 0 Å². The molecule has 1 aliphatic heterocycles. The molecule has 0 radical (unpaired) electrons. The summed E-state index contributed by atoms with van der Waals surface area (Å²) in [6, 6.07) is 15.6. The van der Waals surface area contributed by atoms with Crippen molar-refractivity contribution in [2.75, 3.05) is 27.2 Å². The van der Waals surface area contributed by atoms with Gasteiger partial charge in [0.15, 0.2) is 5.96 Å². The van der Waals surface area contributed by atoms with E-state index in [2.05, 4.69) is 87.4 Å². The quantitative estimate of drug-likeness (QED) is 0.391. The van der Waals surface area contributed by atoms with Crippen LogP contribution in [-0.4, -0.2) is 53.6 Å². The van der Waals surface area contributed by atoms with Gasteiger partial charge in [-0.25, -0.2) is 0 Å². The van der Waals surface area contributed by atoms with E-state index in [0.717, 1.165) is 25.6 Å². The summed E-state index contributed by atoms with van der Waals surface area (Å²) in [6.45, 7) is 4.00. The Morgan fingerprint density at radius 3 is 2.67 bits per heavy atom. The lowest BCUT2D eigenvalue weighted by Crippen LogP contribution is -2.45. The number of hydrogen-bond donors (Lipinski definition) is 1. The van der Waals surface area contributed by atoms with Crippen LogP contribution in [0.5, 0.6) is 0 Å². The molecule has 5 nitrogen and oxygen atoms in total. The first kappa shape index (κ1) is 21.8. The number of guanidine groups is 1. The average Bonchev–Trinajstić information content (AvgIpc) is 3.26. The molecule has 1 unspecified atom stereocenters. The molecule has 0 saturated carbocycles. The maximum Gasteiger partial charge on any atom is 0.193 e. The molecule has 27 heavy (non-hydrogen) atoms. The van der Waals surface area contributed by atoms with Gasteiger partial charge in [-0.2, -0.15) is 0 Å². The first-order valence-electron chi connectivity index (χ1n) is 9.47. The number of hydrogen-bond acceptors (Lipinski definition) is 2. The van der Waals surface area contributed by atoms with Gasteiger partial charge < -0.3 is 14.8 Å². The molecule has 1 aromatic heterocycles. The lowest BCUT2D eigenvalue weighted by atomic mass is 10.2. The van der Waals surface area contributed by atoms with Gasteiger partial charge in [0.1, 0.15) is 0 Å². The lowest BCUT2D eigenvalue weighted by molar-refractivity contribution is 0.243. The highest BCUT2D eigenvalue weighted by Gasteiger charge is 2.24. The number of nitrogens with zero attached hydrogens (tertiary/aromatic N) is 4. The normalized spacial score (nSPS) is 17.6. The third kappa shape index (κ3) is 5.97. The van der Waals surface area contributed by atoms with E-state index in [0.29, 0.717) is 6.04 Å². The van der Waals surface area contributed by atoms with Crippen molar-refractivity contribution in [3.05, 3.63) is 59.9 Å². The Hall–Kier alpha value is -1.54. The molecule has 1 fully saturated rings. The Labute approximate surface area is 180 Å². The summed E-state index contributed by atoms with van der Waals surface area (Å²) in [5.41, 5.74) is 2.67. The van der Waals surface area contributed by atoms with Crippen LogP contribution >= 0.6 is 24.0 Å². The Morgan fingerprint density at radius 1 is 1.22 bits per heavy atom. The molecular formula is C21H32IN5.